The van der Waals surface area contributed by atoms with Crippen LogP contribution in [0.25, 0.3) is 0 Å². The number of aromatic nitrogens is 1. The van der Waals surface area contributed by atoms with E-state index < -0.39 is 15.7 Å². The molecule has 10 heteroatoms. The zero-order valence-electron chi connectivity index (χ0n) is 17.7. The van der Waals surface area contributed by atoms with Gasteiger partial charge in [0.05, 0.1) is 16.7 Å². The number of nitrogens with one attached hydrogen (secondary N) is 1. The highest BCUT2D eigenvalue weighted by atomic mass is 32.2. The number of hydrogen-bond donors (Lipinski definition) is 1. The molecule has 2 heterocycles. The summed E-state index contributed by atoms with van der Waals surface area (Å²) in [5.74, 6) is 0.0412. The van der Waals surface area contributed by atoms with E-state index in [1.165, 1.54) is 12.1 Å². The largest absolute Gasteiger partial charge is 0.474 e. The number of sulfone groups is 1. The molecule has 0 spiro atoms. The number of carbonyl (C=O) groups is 1. The van der Waals surface area contributed by atoms with Crippen molar-refractivity contribution in [3.63, 3.8) is 0 Å². The van der Waals surface area contributed by atoms with Gasteiger partial charge in [-0.15, -0.1) is 0 Å². The van der Waals surface area contributed by atoms with Crippen LogP contribution in [-0.4, -0.2) is 55.9 Å². The van der Waals surface area contributed by atoms with E-state index in [9.17, 15) is 17.6 Å². The first-order valence-electron chi connectivity index (χ1n) is 9.97. The molecular weight excluding hydrogens is 425 g/mol. The molecule has 31 heavy (non-hydrogen) atoms. The molecular formula is C21H26FN3O5S. The third-order valence-electron chi connectivity index (χ3n) is 4.68. The SMILES string of the molecule is CC(C)OC(=O)N1CCC(Oc2cccc(Nc3ccc(S(C)(=O)=O)cc3F)n2)CC1. The van der Waals surface area contributed by atoms with Crippen LogP contribution in [0, 0.1) is 5.82 Å². The van der Waals surface area contributed by atoms with E-state index in [1.807, 2.05) is 13.8 Å². The Morgan fingerprint density at radius 3 is 2.55 bits per heavy atom. The summed E-state index contributed by atoms with van der Waals surface area (Å²) in [5, 5.41) is 2.84. The van der Waals surface area contributed by atoms with E-state index in [1.54, 1.807) is 23.1 Å². The lowest BCUT2D eigenvalue weighted by Crippen LogP contribution is -2.42. The first-order valence-corrected chi connectivity index (χ1v) is 11.9. The van der Waals surface area contributed by atoms with Crippen molar-refractivity contribution < 1.29 is 27.1 Å². The topological polar surface area (TPSA) is 97.8 Å². The third kappa shape index (κ3) is 6.30. The molecule has 1 saturated heterocycles. The van der Waals surface area contributed by atoms with Crippen LogP contribution in [0.15, 0.2) is 41.3 Å². The van der Waals surface area contributed by atoms with Gasteiger partial charge in [-0.2, -0.15) is 4.98 Å². The lowest BCUT2D eigenvalue weighted by Gasteiger charge is -2.31. The lowest BCUT2D eigenvalue weighted by molar-refractivity contribution is 0.0508. The second-order valence-electron chi connectivity index (χ2n) is 7.64. The fourth-order valence-corrected chi connectivity index (χ4v) is 3.75. The predicted molar refractivity (Wildman–Crippen MR) is 114 cm³/mol. The quantitative estimate of drug-likeness (QED) is 0.714. The summed E-state index contributed by atoms with van der Waals surface area (Å²) in [6.45, 7) is 4.69. The number of likely N-dealkylation sites (tertiary alicyclic amines) is 1. The molecule has 1 aliphatic heterocycles. The second-order valence-corrected chi connectivity index (χ2v) is 9.65. The molecule has 0 aliphatic carbocycles. The Balaban J connectivity index is 1.60. The van der Waals surface area contributed by atoms with Gasteiger partial charge in [0.1, 0.15) is 17.7 Å². The molecule has 1 fully saturated rings. The maximum absolute atomic E-state index is 14.3. The first kappa shape index (κ1) is 22.8. The summed E-state index contributed by atoms with van der Waals surface area (Å²) in [4.78, 5) is 17.9. The van der Waals surface area contributed by atoms with Gasteiger partial charge in [-0.3, -0.25) is 0 Å². The number of piperidine rings is 1. The summed E-state index contributed by atoms with van der Waals surface area (Å²) in [6, 6.07) is 8.74. The van der Waals surface area contributed by atoms with Gasteiger partial charge in [0.15, 0.2) is 9.84 Å². The molecule has 1 N–H and O–H groups in total. The average molecular weight is 452 g/mol. The summed E-state index contributed by atoms with van der Waals surface area (Å²) in [5.41, 5.74) is 0.106. The number of amides is 1. The maximum atomic E-state index is 14.3. The van der Waals surface area contributed by atoms with Crippen molar-refractivity contribution in [3.8, 4) is 5.88 Å². The van der Waals surface area contributed by atoms with Gasteiger partial charge >= 0.3 is 6.09 Å². The number of rotatable bonds is 6. The van der Waals surface area contributed by atoms with Crippen molar-refractivity contribution in [1.82, 2.24) is 9.88 Å². The number of pyridine rings is 1. The van der Waals surface area contributed by atoms with E-state index in [-0.39, 0.29) is 28.9 Å². The Labute approximate surface area is 181 Å². The molecule has 0 bridgehead atoms. The molecule has 0 unspecified atom stereocenters. The summed E-state index contributed by atoms with van der Waals surface area (Å²) < 4.78 is 48.5. The Morgan fingerprint density at radius 2 is 1.94 bits per heavy atom. The highest BCUT2D eigenvalue weighted by Gasteiger charge is 2.25. The number of benzene rings is 1. The van der Waals surface area contributed by atoms with E-state index in [0.717, 1.165) is 12.3 Å². The third-order valence-corrected chi connectivity index (χ3v) is 5.79. The van der Waals surface area contributed by atoms with Gasteiger partial charge in [0.2, 0.25) is 5.88 Å². The molecule has 0 saturated carbocycles. The second kappa shape index (κ2) is 9.51. The van der Waals surface area contributed by atoms with Gasteiger partial charge in [0, 0.05) is 38.3 Å². The van der Waals surface area contributed by atoms with Gasteiger partial charge in [-0.1, -0.05) is 6.07 Å². The van der Waals surface area contributed by atoms with Crippen LogP contribution in [0.3, 0.4) is 0 Å². The van der Waals surface area contributed by atoms with Crippen LogP contribution in [0.2, 0.25) is 0 Å². The van der Waals surface area contributed by atoms with Crippen molar-refractivity contribution in [2.24, 2.45) is 0 Å². The van der Waals surface area contributed by atoms with Crippen molar-refractivity contribution in [2.75, 3.05) is 24.7 Å². The minimum absolute atomic E-state index is 0.0933. The Hall–Kier alpha value is -2.88. The molecule has 1 aromatic carbocycles. The van der Waals surface area contributed by atoms with Crippen molar-refractivity contribution >= 4 is 27.4 Å². The molecule has 1 amide bonds. The molecule has 168 valence electrons. The number of halogens is 1. The zero-order valence-corrected chi connectivity index (χ0v) is 18.5. The number of carbonyl (C=O) groups excluding carboxylic acids is 1. The Morgan fingerprint density at radius 1 is 1.23 bits per heavy atom. The standard InChI is InChI=1S/C21H26FN3O5S/c1-14(2)29-21(26)25-11-9-15(10-12-25)30-20-6-4-5-19(24-20)23-18-8-7-16(13-17(18)22)31(3,27)28/h4-8,13-15H,9-12H2,1-3H3,(H,23,24). The summed E-state index contributed by atoms with van der Waals surface area (Å²) >= 11 is 0. The van der Waals surface area contributed by atoms with Crippen LogP contribution < -0.4 is 10.1 Å². The average Bonchev–Trinajstić information content (AvgIpc) is 2.69. The number of nitrogens with zero attached hydrogens (tertiary/aromatic N) is 2. The van der Waals surface area contributed by atoms with Crippen LogP contribution >= 0.6 is 0 Å². The molecule has 8 nitrogen and oxygen atoms in total. The van der Waals surface area contributed by atoms with Crippen molar-refractivity contribution in [2.45, 2.75) is 43.8 Å². The van der Waals surface area contributed by atoms with Gasteiger partial charge in [-0.25, -0.2) is 17.6 Å². The predicted octanol–water partition coefficient (Wildman–Crippen LogP) is 3.76. The molecule has 3 rings (SSSR count). The summed E-state index contributed by atoms with van der Waals surface area (Å²) in [6.07, 6.45) is 1.74. The number of ether oxygens (including phenoxy) is 2. The van der Waals surface area contributed by atoms with E-state index in [0.29, 0.717) is 37.6 Å². The van der Waals surface area contributed by atoms with Crippen LogP contribution in [0.1, 0.15) is 26.7 Å². The van der Waals surface area contributed by atoms with Crippen molar-refractivity contribution in [1.29, 1.82) is 0 Å². The minimum atomic E-state index is -3.49. The maximum Gasteiger partial charge on any atom is 0.410 e. The van der Waals surface area contributed by atoms with Gasteiger partial charge in [-0.05, 0) is 38.1 Å². The molecule has 0 atom stereocenters. The van der Waals surface area contributed by atoms with Gasteiger partial charge in [0.25, 0.3) is 0 Å². The van der Waals surface area contributed by atoms with E-state index >= 15 is 0 Å². The lowest BCUT2D eigenvalue weighted by atomic mass is 10.1. The van der Waals surface area contributed by atoms with Crippen LogP contribution in [0.5, 0.6) is 5.88 Å². The van der Waals surface area contributed by atoms with E-state index in [4.69, 9.17) is 9.47 Å². The fraction of sp³-hybridized carbons (Fsp3) is 0.429. The fourth-order valence-electron chi connectivity index (χ4n) is 3.12. The molecule has 1 aromatic heterocycles. The van der Waals surface area contributed by atoms with Crippen molar-refractivity contribution in [3.05, 3.63) is 42.2 Å². The number of anilines is 2. The molecule has 1 aliphatic rings. The normalized spacial score (nSPS) is 15.1. The Kier molecular flexibility index (Phi) is 6.99. The molecule has 0 radical (unpaired) electrons. The van der Waals surface area contributed by atoms with Crippen LogP contribution in [-0.2, 0) is 14.6 Å². The zero-order chi connectivity index (χ0) is 22.6. The monoisotopic (exact) mass is 451 g/mol. The highest BCUT2D eigenvalue weighted by molar-refractivity contribution is 7.90. The summed E-state index contributed by atoms with van der Waals surface area (Å²) in [7, 11) is -3.49. The van der Waals surface area contributed by atoms with Gasteiger partial charge < -0.3 is 19.7 Å². The van der Waals surface area contributed by atoms with E-state index in [2.05, 4.69) is 10.3 Å². The molecule has 2 aromatic rings. The van der Waals surface area contributed by atoms with Crippen LogP contribution in [0.4, 0.5) is 20.7 Å². The number of hydrogen-bond acceptors (Lipinski definition) is 7. The minimum Gasteiger partial charge on any atom is -0.474 e. The Bertz CT molecular complexity index is 1040. The highest BCUT2D eigenvalue weighted by Crippen LogP contribution is 2.24. The smallest absolute Gasteiger partial charge is 0.410 e. The first-order chi connectivity index (χ1) is 14.6.